The molecule has 104 heavy (non-hydrogen) atoms. The number of fused-ring (bicyclic) bond motifs is 6. The predicted octanol–water partition coefficient (Wildman–Crippen LogP) is 28.6. The Labute approximate surface area is 638 Å². The molecule has 4 nitrogen and oxygen atoms in total. The summed E-state index contributed by atoms with van der Waals surface area (Å²) in [7, 11) is 0. The lowest BCUT2D eigenvalue weighted by Crippen LogP contribution is -2.41. The predicted molar refractivity (Wildman–Crippen MR) is 461 cm³/mol. The second kappa shape index (κ2) is 30.8. The van der Waals surface area contributed by atoms with Crippen LogP contribution in [0.2, 0.25) is 0 Å². The summed E-state index contributed by atoms with van der Waals surface area (Å²) >= 11 is 0. The van der Waals surface area contributed by atoms with Crippen molar-refractivity contribution in [2.75, 3.05) is 22.9 Å². The molecular formula is C100H148N4. The Morgan fingerprint density at radius 2 is 0.779 bits per heavy atom. The average Bonchev–Trinajstić information content (AvgIpc) is 1.05. The minimum absolute atomic E-state index is 0.108. The first-order valence-electron chi connectivity index (χ1n) is 40.0. The third kappa shape index (κ3) is 21.3. The van der Waals surface area contributed by atoms with Crippen molar-refractivity contribution in [1.82, 2.24) is 9.97 Å². The van der Waals surface area contributed by atoms with Crippen molar-refractivity contribution in [2.24, 2.45) is 21.7 Å². The third-order valence-electron chi connectivity index (χ3n) is 22.6. The molecule has 2 aliphatic heterocycles. The molecule has 0 radical (unpaired) electrons. The van der Waals surface area contributed by atoms with Crippen molar-refractivity contribution in [3.8, 4) is 0 Å². The Balaban J connectivity index is 0.000000175. The Kier molecular flexibility index (Phi) is 25.2. The Hall–Kier alpha value is -6.26. The molecule has 0 N–H and O–H groups in total. The first kappa shape index (κ1) is 85.0. The van der Waals surface area contributed by atoms with E-state index in [9.17, 15) is 0 Å². The second-order valence-corrected chi connectivity index (χ2v) is 43.9. The molecule has 0 saturated carbocycles. The van der Waals surface area contributed by atoms with Crippen LogP contribution in [0, 0.1) is 21.7 Å². The highest BCUT2D eigenvalue weighted by molar-refractivity contribution is 5.81. The number of anilines is 2. The third-order valence-corrected chi connectivity index (χ3v) is 22.6. The van der Waals surface area contributed by atoms with Crippen LogP contribution < -0.4 is 9.80 Å². The smallest absolute Gasteiger partial charge is 0.0705 e. The summed E-state index contributed by atoms with van der Waals surface area (Å²) in [6.07, 6.45) is 6.96. The number of para-hydroxylation sites is 1. The van der Waals surface area contributed by atoms with Crippen LogP contribution in [0.25, 0.3) is 21.8 Å². The van der Waals surface area contributed by atoms with Gasteiger partial charge in [-0.2, -0.15) is 0 Å². The molecule has 4 atom stereocenters. The summed E-state index contributed by atoms with van der Waals surface area (Å²) < 4.78 is 0. The maximum atomic E-state index is 4.77. The molecular weight excluding hydrogens is 1260 g/mol. The molecule has 0 amide bonds. The highest BCUT2D eigenvalue weighted by Gasteiger charge is 2.43. The van der Waals surface area contributed by atoms with Crippen molar-refractivity contribution < 1.29 is 0 Å². The highest BCUT2D eigenvalue weighted by atomic mass is 15.2. The Morgan fingerprint density at radius 1 is 0.317 bits per heavy atom. The number of aryl methyl sites for hydroxylation is 1. The van der Waals surface area contributed by atoms with Crippen LogP contribution in [0.5, 0.6) is 0 Å². The maximum Gasteiger partial charge on any atom is 0.0705 e. The van der Waals surface area contributed by atoms with E-state index < -0.39 is 0 Å². The van der Waals surface area contributed by atoms with Gasteiger partial charge in [-0.15, -0.1) is 0 Å². The Bertz CT molecular complexity index is 3910. The molecule has 0 spiro atoms. The van der Waals surface area contributed by atoms with Gasteiger partial charge in [-0.3, -0.25) is 9.97 Å². The van der Waals surface area contributed by atoms with Crippen LogP contribution in [0.3, 0.4) is 0 Å². The van der Waals surface area contributed by atoms with E-state index in [0.29, 0.717) is 39.4 Å². The molecule has 2 aliphatic carbocycles. The van der Waals surface area contributed by atoms with E-state index in [1.54, 1.807) is 22.3 Å². The molecule has 6 aromatic carbocycles. The van der Waals surface area contributed by atoms with E-state index in [-0.39, 0.29) is 43.6 Å². The van der Waals surface area contributed by atoms with Crippen molar-refractivity contribution in [3.63, 3.8) is 0 Å². The SMILES string of the molecule is CC(C)(C)C1CC(C(C)(C)C)c2ccccc21.CC(C)(C)C1CN(C(C)(C)C)c2ccccc21.CC(C)(C)c1cc2cccnc2cc1C(C)(C)C.CC(C)(C)c1ccc2c(c1)C(C(C)(C)C)CC2.CC(C)(C)c1ccc2c(c1)CCN2C(C)(C)C.CC(C)(C)c1ccc2nc(C(C)(C)C)ccc2c1. The molecule has 4 unspecified atom stereocenters. The zero-order valence-corrected chi connectivity index (χ0v) is 73.2. The van der Waals surface area contributed by atoms with Crippen LogP contribution in [0.1, 0.15) is 353 Å². The van der Waals surface area contributed by atoms with Crippen LogP contribution >= 0.6 is 0 Å². The minimum Gasteiger partial charge on any atom is -0.366 e. The molecule has 0 saturated heterocycles. The van der Waals surface area contributed by atoms with Crippen LogP contribution in [0.4, 0.5) is 11.4 Å². The zero-order chi connectivity index (χ0) is 78.5. The minimum atomic E-state index is 0.108. The quantitative estimate of drug-likeness (QED) is 0.151. The summed E-state index contributed by atoms with van der Waals surface area (Å²) in [6.45, 7) is 85.2. The molecule has 2 aromatic heterocycles. The average molecular weight is 1410 g/mol. The number of rotatable bonds is 0. The number of aromatic nitrogens is 2. The van der Waals surface area contributed by atoms with Crippen LogP contribution in [-0.4, -0.2) is 34.1 Å². The normalized spacial score (nSPS) is 17.9. The summed E-state index contributed by atoms with van der Waals surface area (Å²) in [6, 6.07) is 51.8. The van der Waals surface area contributed by atoms with Crippen LogP contribution in [-0.2, 0) is 45.3 Å². The largest absolute Gasteiger partial charge is 0.366 e. The highest BCUT2D eigenvalue weighted by Crippen LogP contribution is 2.56. The lowest BCUT2D eigenvalue weighted by atomic mass is 9.73. The standard InChI is InChI=1S/2C17H23N.2C17H26.2C16H25N/c1-16(2,3)13-8-9-14-12(11-13)7-10-15(18-14)17(4,5)6;1-16(2,3)13-10-12-8-7-9-18-15(12)11-14(13)17(4,5)6;1-16(2,3)13-9-7-12-8-10-15(14(12)11-13)17(4,5)6;1-16(2,3)14-11-15(17(4,5)6)13-10-8-7-9-12(13)14;1-15(2,3)13-7-8-14-12(11-13)9-10-17(14)16(4,5)6;1-15(2,3)13-11-17(16(4,5)6)14-10-8-7-9-12(13)14/h2*7-11H,1-6H3;7,9,11,15H,8,10H2,1-6H3;7-10,14-15H,11H2,1-6H3;7-8,11H,9-10H2,1-6H3;7-10,13H,11H2,1-6H3. The molecule has 12 rings (SSSR count). The number of nitrogens with zero attached hydrogens (tertiary/aromatic N) is 4. The second-order valence-electron chi connectivity index (χ2n) is 43.9. The Morgan fingerprint density at radius 3 is 1.27 bits per heavy atom. The molecule has 4 heterocycles. The topological polar surface area (TPSA) is 32.3 Å². The van der Waals surface area contributed by atoms with Crippen molar-refractivity contribution in [1.29, 1.82) is 0 Å². The maximum absolute atomic E-state index is 4.77. The fraction of sp³-hybridized carbons (Fsp3) is 0.580. The number of benzene rings is 6. The van der Waals surface area contributed by atoms with E-state index in [1.165, 1.54) is 86.8 Å². The van der Waals surface area contributed by atoms with Gasteiger partial charge < -0.3 is 9.80 Å². The molecule has 568 valence electrons. The van der Waals surface area contributed by atoms with Gasteiger partial charge in [0.15, 0.2) is 0 Å². The first-order valence-corrected chi connectivity index (χ1v) is 40.0. The van der Waals surface area contributed by atoms with Gasteiger partial charge in [0, 0.05) is 69.5 Å². The van der Waals surface area contributed by atoms with Gasteiger partial charge in [-0.1, -0.05) is 299 Å². The van der Waals surface area contributed by atoms with Gasteiger partial charge >= 0.3 is 0 Å². The summed E-state index contributed by atoms with van der Waals surface area (Å²) in [5.41, 5.74) is 25.8. The van der Waals surface area contributed by atoms with E-state index in [0.717, 1.165) is 35.7 Å². The van der Waals surface area contributed by atoms with Gasteiger partial charge in [0.05, 0.1) is 11.0 Å². The van der Waals surface area contributed by atoms with Crippen molar-refractivity contribution >= 4 is 33.2 Å². The van der Waals surface area contributed by atoms with E-state index in [2.05, 4.69) is 397 Å². The van der Waals surface area contributed by atoms with Gasteiger partial charge in [0.2, 0.25) is 0 Å². The molecule has 8 aromatic rings. The summed E-state index contributed by atoms with van der Waals surface area (Å²) in [5.74, 6) is 2.79. The first-order chi connectivity index (χ1) is 47.2. The molecule has 0 fully saturated rings. The number of hydrogen-bond acceptors (Lipinski definition) is 4. The molecule has 0 bridgehead atoms. The van der Waals surface area contributed by atoms with E-state index >= 15 is 0 Å². The summed E-state index contributed by atoms with van der Waals surface area (Å²) in [5, 5.41) is 2.46. The number of hydrogen-bond donors (Lipinski definition) is 0. The zero-order valence-electron chi connectivity index (χ0n) is 73.2. The van der Waals surface area contributed by atoms with E-state index in [1.807, 2.05) is 12.3 Å². The van der Waals surface area contributed by atoms with Crippen LogP contribution in [0.15, 0.2) is 146 Å². The van der Waals surface area contributed by atoms with Gasteiger partial charge in [0.1, 0.15) is 0 Å². The fourth-order valence-corrected chi connectivity index (χ4v) is 16.0. The lowest BCUT2D eigenvalue weighted by molar-refractivity contribution is 0.254. The summed E-state index contributed by atoms with van der Waals surface area (Å²) in [4.78, 5) is 14.3. The van der Waals surface area contributed by atoms with Crippen molar-refractivity contribution in [3.05, 3.63) is 213 Å². The van der Waals surface area contributed by atoms with Gasteiger partial charge in [-0.05, 0) is 243 Å². The fourth-order valence-electron chi connectivity index (χ4n) is 16.0. The molecule has 4 aliphatic rings. The van der Waals surface area contributed by atoms with Gasteiger partial charge in [-0.25, -0.2) is 0 Å². The van der Waals surface area contributed by atoms with Crippen molar-refractivity contribution in [2.45, 2.75) is 342 Å². The monoisotopic (exact) mass is 1410 g/mol. The number of pyridine rings is 2. The van der Waals surface area contributed by atoms with E-state index in [4.69, 9.17) is 4.98 Å². The molecule has 4 heteroatoms. The van der Waals surface area contributed by atoms with Gasteiger partial charge in [0.25, 0.3) is 0 Å². The lowest BCUT2D eigenvalue weighted by Gasteiger charge is -2.36.